The lowest BCUT2D eigenvalue weighted by atomic mass is 9.89. The zero-order valence-electron chi connectivity index (χ0n) is 11.8. The summed E-state index contributed by atoms with van der Waals surface area (Å²) < 4.78 is 0. The number of aromatic nitrogens is 1. The van der Waals surface area contributed by atoms with Crippen LogP contribution in [0.2, 0.25) is 0 Å². The summed E-state index contributed by atoms with van der Waals surface area (Å²) >= 11 is 1.11. The predicted molar refractivity (Wildman–Crippen MR) is 76.7 cm³/mol. The number of hydrogen-bond acceptors (Lipinski definition) is 4. The van der Waals surface area contributed by atoms with Crippen LogP contribution < -0.4 is 0 Å². The monoisotopic (exact) mass is 296 g/mol. The van der Waals surface area contributed by atoms with Crippen LogP contribution in [0.5, 0.6) is 0 Å². The van der Waals surface area contributed by atoms with Crippen molar-refractivity contribution in [2.75, 3.05) is 6.54 Å². The molecule has 1 saturated heterocycles. The third kappa shape index (κ3) is 3.56. The molecule has 0 aromatic carbocycles. The van der Waals surface area contributed by atoms with Gasteiger partial charge < -0.3 is 10.0 Å². The topological polar surface area (TPSA) is 70.5 Å². The Bertz CT molecular complexity index is 498. The number of carboxylic acid groups (broad SMARTS) is 1. The molecular formula is C14H20N2O3S. The number of nitrogens with zero attached hydrogens (tertiary/aromatic N) is 2. The Labute approximate surface area is 122 Å². The second-order valence-electron chi connectivity index (χ2n) is 5.60. The molecule has 0 spiro atoms. The molecular weight excluding hydrogens is 276 g/mol. The summed E-state index contributed by atoms with van der Waals surface area (Å²) in [6, 6.07) is 0. The number of carboxylic acids is 1. The van der Waals surface area contributed by atoms with Crippen LogP contribution in [0.25, 0.3) is 0 Å². The molecule has 20 heavy (non-hydrogen) atoms. The smallest absolute Gasteiger partial charge is 0.365 e. The minimum absolute atomic E-state index is 0.0855. The van der Waals surface area contributed by atoms with E-state index in [9.17, 15) is 9.59 Å². The Morgan fingerprint density at radius 2 is 2.30 bits per heavy atom. The first-order chi connectivity index (χ1) is 9.47. The molecule has 0 bridgehead atoms. The molecule has 110 valence electrons. The van der Waals surface area contributed by atoms with Crippen molar-refractivity contribution in [3.63, 3.8) is 0 Å². The number of aromatic carboxylic acids is 1. The molecule has 1 aromatic heterocycles. The predicted octanol–water partition coefficient (Wildman–Crippen LogP) is 2.63. The Balaban J connectivity index is 2.00. The molecule has 1 unspecified atom stereocenters. The number of likely N-dealkylation sites (tertiary alicyclic amines) is 1. The van der Waals surface area contributed by atoms with Gasteiger partial charge in [-0.25, -0.2) is 9.78 Å². The van der Waals surface area contributed by atoms with Gasteiger partial charge in [-0.2, -0.15) is 0 Å². The summed E-state index contributed by atoms with van der Waals surface area (Å²) in [6.07, 6.45) is 2.54. The number of hydrogen-bond donors (Lipinski definition) is 1. The minimum Gasteiger partial charge on any atom is -0.476 e. The first-order valence-corrected chi connectivity index (χ1v) is 7.80. The van der Waals surface area contributed by atoms with E-state index in [1.165, 1.54) is 0 Å². The summed E-state index contributed by atoms with van der Waals surface area (Å²) in [6.45, 7) is 5.56. The third-order valence-corrected chi connectivity index (χ3v) is 4.76. The molecule has 1 aliphatic rings. The van der Waals surface area contributed by atoms with Gasteiger partial charge in [0, 0.05) is 18.3 Å². The lowest BCUT2D eigenvalue weighted by molar-refractivity contribution is -0.131. The molecule has 2 rings (SSSR count). The van der Waals surface area contributed by atoms with Gasteiger partial charge in [-0.05, 0) is 24.7 Å². The number of thiazole rings is 1. The van der Waals surface area contributed by atoms with E-state index in [2.05, 4.69) is 18.8 Å². The Kier molecular flexibility index (Phi) is 4.75. The molecule has 0 aliphatic carbocycles. The normalized spacial score (nSPS) is 20.2. The Morgan fingerprint density at radius 3 is 2.90 bits per heavy atom. The van der Waals surface area contributed by atoms with Crippen molar-refractivity contribution in [1.82, 2.24) is 9.88 Å². The molecule has 1 fully saturated rings. The maximum absolute atomic E-state index is 12.1. The summed E-state index contributed by atoms with van der Waals surface area (Å²) in [4.78, 5) is 28.8. The average Bonchev–Trinajstić information content (AvgIpc) is 2.77. The summed E-state index contributed by atoms with van der Waals surface area (Å²) in [5.74, 6) is 0.330. The zero-order chi connectivity index (χ0) is 14.7. The van der Waals surface area contributed by atoms with Crippen LogP contribution in [0, 0.1) is 11.8 Å². The van der Waals surface area contributed by atoms with Gasteiger partial charge in [-0.1, -0.05) is 13.8 Å². The van der Waals surface area contributed by atoms with Crippen LogP contribution in [0.4, 0.5) is 0 Å². The van der Waals surface area contributed by atoms with Crippen LogP contribution in [0.3, 0.4) is 0 Å². The van der Waals surface area contributed by atoms with E-state index in [0.717, 1.165) is 30.7 Å². The van der Waals surface area contributed by atoms with Crippen LogP contribution >= 0.6 is 11.3 Å². The molecule has 1 aliphatic heterocycles. The van der Waals surface area contributed by atoms with Crippen molar-refractivity contribution in [3.05, 3.63) is 16.1 Å². The van der Waals surface area contributed by atoms with E-state index in [-0.39, 0.29) is 10.9 Å². The Morgan fingerprint density at radius 1 is 1.55 bits per heavy atom. The van der Waals surface area contributed by atoms with Crippen LogP contribution in [-0.4, -0.2) is 33.4 Å². The molecule has 1 N–H and O–H groups in total. The first-order valence-electron chi connectivity index (χ1n) is 6.93. The molecule has 6 heteroatoms. The van der Waals surface area contributed by atoms with Crippen molar-refractivity contribution in [1.29, 1.82) is 0 Å². The lowest BCUT2D eigenvalue weighted by Crippen LogP contribution is -2.30. The van der Waals surface area contributed by atoms with Crippen LogP contribution in [0.1, 0.15) is 48.6 Å². The summed E-state index contributed by atoms with van der Waals surface area (Å²) in [7, 11) is 0. The molecule has 0 saturated carbocycles. The second kappa shape index (κ2) is 6.35. The van der Waals surface area contributed by atoms with Gasteiger partial charge in [0.25, 0.3) is 0 Å². The van der Waals surface area contributed by atoms with E-state index >= 15 is 0 Å². The SMILES string of the molecule is CC(C)C1CCC(=O)N(Cc2csc(C(=O)O)n2)CC1. The largest absolute Gasteiger partial charge is 0.476 e. The summed E-state index contributed by atoms with van der Waals surface area (Å²) in [5, 5.41) is 10.7. The lowest BCUT2D eigenvalue weighted by Gasteiger charge is -2.20. The molecule has 2 heterocycles. The van der Waals surface area contributed by atoms with Crippen molar-refractivity contribution in [3.8, 4) is 0 Å². The number of carbonyl (C=O) groups excluding carboxylic acids is 1. The maximum Gasteiger partial charge on any atom is 0.365 e. The van der Waals surface area contributed by atoms with Crippen molar-refractivity contribution in [2.45, 2.75) is 39.7 Å². The summed E-state index contributed by atoms with van der Waals surface area (Å²) in [5.41, 5.74) is 0.670. The first kappa shape index (κ1) is 15.0. The fourth-order valence-electron chi connectivity index (χ4n) is 2.56. The average molecular weight is 296 g/mol. The second-order valence-corrected chi connectivity index (χ2v) is 6.45. The zero-order valence-corrected chi connectivity index (χ0v) is 12.7. The third-order valence-electron chi connectivity index (χ3n) is 3.88. The van der Waals surface area contributed by atoms with Crippen molar-refractivity contribution < 1.29 is 14.7 Å². The standard InChI is InChI=1S/C14H20N2O3S/c1-9(2)10-3-4-12(17)16(6-5-10)7-11-8-20-13(15-11)14(18)19/h8-10H,3-7H2,1-2H3,(H,18,19). The van der Waals surface area contributed by atoms with E-state index < -0.39 is 5.97 Å². The van der Waals surface area contributed by atoms with Crippen LogP contribution in [-0.2, 0) is 11.3 Å². The highest BCUT2D eigenvalue weighted by Gasteiger charge is 2.24. The highest BCUT2D eigenvalue weighted by atomic mass is 32.1. The van der Waals surface area contributed by atoms with E-state index in [1.54, 1.807) is 5.38 Å². The van der Waals surface area contributed by atoms with E-state index in [1.807, 2.05) is 4.90 Å². The molecule has 1 atom stereocenters. The van der Waals surface area contributed by atoms with Gasteiger partial charge in [0.1, 0.15) is 0 Å². The highest BCUT2D eigenvalue weighted by Crippen LogP contribution is 2.26. The van der Waals surface area contributed by atoms with Gasteiger partial charge in [-0.3, -0.25) is 4.79 Å². The van der Waals surface area contributed by atoms with Crippen LogP contribution in [0.15, 0.2) is 5.38 Å². The number of carbonyl (C=O) groups is 2. The van der Waals surface area contributed by atoms with Crippen molar-refractivity contribution in [2.24, 2.45) is 11.8 Å². The molecule has 1 amide bonds. The fraction of sp³-hybridized carbons (Fsp3) is 0.643. The van der Waals surface area contributed by atoms with Gasteiger partial charge >= 0.3 is 5.97 Å². The Hall–Kier alpha value is -1.43. The molecule has 0 radical (unpaired) electrons. The minimum atomic E-state index is -1.01. The van der Waals surface area contributed by atoms with Crippen molar-refractivity contribution >= 4 is 23.2 Å². The van der Waals surface area contributed by atoms with Gasteiger partial charge in [0.2, 0.25) is 10.9 Å². The number of amides is 1. The number of rotatable bonds is 4. The highest BCUT2D eigenvalue weighted by molar-refractivity contribution is 7.11. The van der Waals surface area contributed by atoms with E-state index in [0.29, 0.717) is 30.5 Å². The van der Waals surface area contributed by atoms with Gasteiger partial charge in [-0.15, -0.1) is 11.3 Å². The maximum atomic E-state index is 12.1. The van der Waals surface area contributed by atoms with E-state index in [4.69, 9.17) is 5.11 Å². The molecule has 1 aromatic rings. The molecule has 5 nitrogen and oxygen atoms in total. The quantitative estimate of drug-likeness (QED) is 0.927. The van der Waals surface area contributed by atoms with Gasteiger partial charge in [0.15, 0.2) is 0 Å². The van der Waals surface area contributed by atoms with Gasteiger partial charge in [0.05, 0.1) is 12.2 Å². The fourth-order valence-corrected chi connectivity index (χ4v) is 3.21.